The molecule has 0 saturated carbocycles. The second kappa shape index (κ2) is 7.46. The molecule has 2 unspecified atom stereocenters. The van der Waals surface area contributed by atoms with Gasteiger partial charge in [0.1, 0.15) is 5.82 Å². The van der Waals surface area contributed by atoms with E-state index in [0.29, 0.717) is 24.4 Å². The third-order valence-corrected chi connectivity index (χ3v) is 3.41. The molecular formula is C15H24FNO2. The van der Waals surface area contributed by atoms with Gasteiger partial charge in [0.2, 0.25) is 0 Å². The van der Waals surface area contributed by atoms with Gasteiger partial charge in [0.25, 0.3) is 0 Å². The van der Waals surface area contributed by atoms with Gasteiger partial charge < -0.3 is 14.7 Å². The van der Waals surface area contributed by atoms with Crippen molar-refractivity contribution in [2.75, 3.05) is 25.2 Å². The normalized spacial score (nSPS) is 14.2. The van der Waals surface area contributed by atoms with E-state index in [0.717, 1.165) is 6.42 Å². The highest BCUT2D eigenvalue weighted by atomic mass is 19.1. The van der Waals surface area contributed by atoms with Crippen LogP contribution in [0.2, 0.25) is 0 Å². The van der Waals surface area contributed by atoms with Crippen molar-refractivity contribution in [3.8, 4) is 0 Å². The first kappa shape index (κ1) is 15.9. The summed E-state index contributed by atoms with van der Waals surface area (Å²) in [4.78, 5) is 1.97. The lowest BCUT2D eigenvalue weighted by Crippen LogP contribution is -2.37. The van der Waals surface area contributed by atoms with Crippen LogP contribution in [0.4, 0.5) is 10.1 Å². The van der Waals surface area contributed by atoms with Gasteiger partial charge in [0.05, 0.1) is 18.4 Å². The lowest BCUT2D eigenvalue weighted by Gasteiger charge is -2.33. The SMILES string of the molecule is CCC(C)N(CCOC)c1c(F)cccc1C(C)O. The van der Waals surface area contributed by atoms with Gasteiger partial charge in [0.15, 0.2) is 0 Å². The number of benzene rings is 1. The Balaban J connectivity index is 3.20. The van der Waals surface area contributed by atoms with Crippen LogP contribution >= 0.6 is 0 Å². The molecule has 0 radical (unpaired) electrons. The standard InChI is InChI=1S/C15H24FNO2/c1-5-11(2)17(9-10-19-4)15-13(12(3)18)7-6-8-14(15)16/h6-8,11-12,18H,5,9-10H2,1-4H3. The van der Waals surface area contributed by atoms with Crippen LogP contribution in [-0.4, -0.2) is 31.4 Å². The molecule has 108 valence electrons. The second-order valence-corrected chi connectivity index (χ2v) is 4.80. The fourth-order valence-electron chi connectivity index (χ4n) is 2.13. The van der Waals surface area contributed by atoms with Crippen LogP contribution in [0.5, 0.6) is 0 Å². The Morgan fingerprint density at radius 2 is 2.05 bits per heavy atom. The minimum atomic E-state index is -0.695. The number of hydrogen-bond donors (Lipinski definition) is 1. The average Bonchev–Trinajstić information content (AvgIpc) is 2.39. The van der Waals surface area contributed by atoms with E-state index in [9.17, 15) is 9.50 Å². The zero-order valence-electron chi connectivity index (χ0n) is 12.2. The third kappa shape index (κ3) is 3.91. The number of halogens is 1. The highest BCUT2D eigenvalue weighted by molar-refractivity contribution is 5.56. The molecule has 0 aromatic heterocycles. The Labute approximate surface area is 115 Å². The van der Waals surface area contributed by atoms with E-state index in [1.165, 1.54) is 6.07 Å². The molecular weight excluding hydrogens is 245 g/mol. The molecule has 3 nitrogen and oxygen atoms in total. The summed E-state index contributed by atoms with van der Waals surface area (Å²) in [5, 5.41) is 9.83. The molecule has 1 aromatic carbocycles. The zero-order valence-corrected chi connectivity index (χ0v) is 12.2. The smallest absolute Gasteiger partial charge is 0.146 e. The van der Waals surface area contributed by atoms with Crippen molar-refractivity contribution in [2.24, 2.45) is 0 Å². The van der Waals surface area contributed by atoms with Gasteiger partial charge in [-0.1, -0.05) is 19.1 Å². The second-order valence-electron chi connectivity index (χ2n) is 4.80. The topological polar surface area (TPSA) is 32.7 Å². The molecule has 0 aliphatic carbocycles. The van der Waals surface area contributed by atoms with Crippen molar-refractivity contribution in [1.82, 2.24) is 0 Å². The van der Waals surface area contributed by atoms with Crippen molar-refractivity contribution in [3.63, 3.8) is 0 Å². The van der Waals surface area contributed by atoms with Gasteiger partial charge in [-0.3, -0.25) is 0 Å². The molecule has 0 heterocycles. The average molecular weight is 269 g/mol. The molecule has 0 aliphatic heterocycles. The van der Waals surface area contributed by atoms with Crippen molar-refractivity contribution in [2.45, 2.75) is 39.3 Å². The molecule has 1 aromatic rings. The van der Waals surface area contributed by atoms with E-state index in [4.69, 9.17) is 4.74 Å². The Morgan fingerprint density at radius 3 is 2.58 bits per heavy atom. The Bertz CT molecular complexity index is 396. The van der Waals surface area contributed by atoms with Gasteiger partial charge in [0, 0.05) is 25.3 Å². The van der Waals surface area contributed by atoms with E-state index in [-0.39, 0.29) is 11.9 Å². The molecule has 1 N–H and O–H groups in total. The first-order valence-corrected chi connectivity index (χ1v) is 6.74. The fraction of sp³-hybridized carbons (Fsp3) is 0.600. The van der Waals surface area contributed by atoms with E-state index >= 15 is 0 Å². The summed E-state index contributed by atoms with van der Waals surface area (Å²) < 4.78 is 19.3. The monoisotopic (exact) mass is 269 g/mol. The molecule has 0 bridgehead atoms. The number of hydrogen-bond acceptors (Lipinski definition) is 3. The largest absolute Gasteiger partial charge is 0.389 e. The predicted octanol–water partition coefficient (Wildman–Crippen LogP) is 3.13. The summed E-state index contributed by atoms with van der Waals surface area (Å²) in [6.07, 6.45) is 0.205. The number of anilines is 1. The molecule has 19 heavy (non-hydrogen) atoms. The number of nitrogens with zero attached hydrogens (tertiary/aromatic N) is 1. The fourth-order valence-corrected chi connectivity index (χ4v) is 2.13. The lowest BCUT2D eigenvalue weighted by molar-refractivity contribution is 0.195. The highest BCUT2D eigenvalue weighted by Gasteiger charge is 2.21. The Hall–Kier alpha value is -1.13. The van der Waals surface area contributed by atoms with Crippen molar-refractivity contribution < 1.29 is 14.2 Å². The Morgan fingerprint density at radius 1 is 1.37 bits per heavy atom. The summed E-state index contributed by atoms with van der Waals surface area (Å²) in [7, 11) is 1.63. The molecule has 0 amide bonds. The summed E-state index contributed by atoms with van der Waals surface area (Å²) in [5.74, 6) is -0.296. The van der Waals surface area contributed by atoms with Crippen molar-refractivity contribution in [1.29, 1.82) is 0 Å². The molecule has 2 atom stereocenters. The van der Waals surface area contributed by atoms with Gasteiger partial charge in [-0.05, 0) is 26.3 Å². The van der Waals surface area contributed by atoms with Crippen molar-refractivity contribution >= 4 is 5.69 Å². The summed E-state index contributed by atoms with van der Waals surface area (Å²) in [5.41, 5.74) is 1.11. The molecule has 0 saturated heterocycles. The van der Waals surface area contributed by atoms with Gasteiger partial charge in [-0.15, -0.1) is 0 Å². The minimum Gasteiger partial charge on any atom is -0.389 e. The maximum Gasteiger partial charge on any atom is 0.146 e. The minimum absolute atomic E-state index is 0.185. The lowest BCUT2D eigenvalue weighted by atomic mass is 10.0. The maximum absolute atomic E-state index is 14.2. The first-order valence-electron chi connectivity index (χ1n) is 6.74. The number of aliphatic hydroxyl groups is 1. The zero-order chi connectivity index (χ0) is 14.4. The van der Waals surface area contributed by atoms with Crippen LogP contribution in [0.1, 0.15) is 38.9 Å². The predicted molar refractivity (Wildman–Crippen MR) is 76.0 cm³/mol. The quantitative estimate of drug-likeness (QED) is 0.825. The molecule has 0 spiro atoms. The van der Waals surface area contributed by atoms with Gasteiger partial charge >= 0.3 is 0 Å². The van der Waals surface area contributed by atoms with E-state index in [1.807, 2.05) is 11.8 Å². The van der Waals surface area contributed by atoms with Crippen molar-refractivity contribution in [3.05, 3.63) is 29.6 Å². The van der Waals surface area contributed by atoms with Crippen LogP contribution in [0.15, 0.2) is 18.2 Å². The van der Waals surface area contributed by atoms with Gasteiger partial charge in [-0.2, -0.15) is 0 Å². The van der Waals surface area contributed by atoms with Crippen LogP contribution < -0.4 is 4.90 Å². The van der Waals surface area contributed by atoms with Crippen LogP contribution in [0, 0.1) is 5.82 Å². The van der Waals surface area contributed by atoms with Crippen LogP contribution in [-0.2, 0) is 4.74 Å². The molecule has 1 rings (SSSR count). The number of para-hydroxylation sites is 1. The van der Waals surface area contributed by atoms with E-state index in [2.05, 4.69) is 6.92 Å². The Kier molecular flexibility index (Phi) is 6.25. The summed E-state index contributed by atoms with van der Waals surface area (Å²) in [6.45, 7) is 6.90. The number of aliphatic hydroxyl groups excluding tert-OH is 1. The number of ether oxygens (including phenoxy) is 1. The number of rotatable bonds is 7. The van der Waals surface area contributed by atoms with Gasteiger partial charge in [-0.25, -0.2) is 4.39 Å². The van der Waals surface area contributed by atoms with Crippen LogP contribution in [0.3, 0.4) is 0 Å². The summed E-state index contributed by atoms with van der Waals surface area (Å²) >= 11 is 0. The summed E-state index contributed by atoms with van der Waals surface area (Å²) in [6, 6.07) is 5.02. The number of methoxy groups -OCH3 is 1. The molecule has 0 fully saturated rings. The first-order chi connectivity index (χ1) is 9.02. The van der Waals surface area contributed by atoms with E-state index < -0.39 is 6.10 Å². The maximum atomic E-state index is 14.2. The molecule has 0 aliphatic rings. The highest BCUT2D eigenvalue weighted by Crippen LogP contribution is 2.31. The van der Waals surface area contributed by atoms with Crippen LogP contribution in [0.25, 0.3) is 0 Å². The third-order valence-electron chi connectivity index (χ3n) is 3.41. The van der Waals surface area contributed by atoms with E-state index in [1.54, 1.807) is 26.2 Å². The molecule has 4 heteroatoms.